The molecule has 2 N–H and O–H groups in total. The quantitative estimate of drug-likeness (QED) is 0.832. The van der Waals surface area contributed by atoms with E-state index in [1.165, 1.54) is 0 Å². The second-order valence-electron chi connectivity index (χ2n) is 6.16. The Bertz CT molecular complexity index is 719. The largest absolute Gasteiger partial charge is 0.486 e. The number of benzene rings is 1. The molecule has 1 atom stereocenters. The number of carbonyl (C=O) groups excluding carboxylic acids is 1. The van der Waals surface area contributed by atoms with Gasteiger partial charge in [-0.2, -0.15) is 0 Å². The Morgan fingerprint density at radius 3 is 2.70 bits per heavy atom. The number of anilines is 1. The van der Waals surface area contributed by atoms with Gasteiger partial charge in [0.15, 0.2) is 21.3 Å². The zero-order valence-electron chi connectivity index (χ0n) is 12.9. The average molecular weight is 340 g/mol. The Balaban J connectivity index is 1.56. The molecule has 3 rings (SSSR count). The zero-order chi connectivity index (χ0) is 16.5. The van der Waals surface area contributed by atoms with E-state index >= 15 is 0 Å². The third-order valence-electron chi connectivity index (χ3n) is 4.00. The molecule has 2 heterocycles. The van der Waals surface area contributed by atoms with E-state index in [0.717, 1.165) is 0 Å². The highest BCUT2D eigenvalue weighted by atomic mass is 32.2. The number of carbonyl (C=O) groups is 1. The standard InChI is InChI=1S/C15H20N2O5S/c1-15(4-7-23(19,20)10-15)16-9-14(18)17-11-2-3-12-13(8-11)22-6-5-21-12/h2-3,8,16H,4-7,9-10H2,1H3,(H,17,18). The van der Waals surface area contributed by atoms with Crippen LogP contribution < -0.4 is 20.1 Å². The number of rotatable bonds is 4. The molecular formula is C15H20N2O5S. The van der Waals surface area contributed by atoms with Crippen molar-refractivity contribution in [2.45, 2.75) is 18.9 Å². The van der Waals surface area contributed by atoms with Gasteiger partial charge in [-0.3, -0.25) is 4.79 Å². The smallest absolute Gasteiger partial charge is 0.238 e. The Labute approximate surface area is 135 Å². The minimum atomic E-state index is -3.00. The van der Waals surface area contributed by atoms with E-state index in [1.807, 2.05) is 6.92 Å². The summed E-state index contributed by atoms with van der Waals surface area (Å²) >= 11 is 0. The van der Waals surface area contributed by atoms with Gasteiger partial charge in [-0.15, -0.1) is 0 Å². The highest BCUT2D eigenvalue weighted by Gasteiger charge is 2.38. The van der Waals surface area contributed by atoms with Gasteiger partial charge >= 0.3 is 0 Å². The third-order valence-corrected chi connectivity index (χ3v) is 5.91. The van der Waals surface area contributed by atoms with Crippen molar-refractivity contribution in [1.29, 1.82) is 0 Å². The lowest BCUT2D eigenvalue weighted by atomic mass is 10.0. The van der Waals surface area contributed by atoms with Crippen LogP contribution in [-0.2, 0) is 14.6 Å². The summed E-state index contributed by atoms with van der Waals surface area (Å²) in [6, 6.07) is 5.21. The molecule has 1 aromatic carbocycles. The van der Waals surface area contributed by atoms with Crippen LogP contribution in [0.25, 0.3) is 0 Å². The lowest BCUT2D eigenvalue weighted by molar-refractivity contribution is -0.115. The predicted molar refractivity (Wildman–Crippen MR) is 85.7 cm³/mol. The van der Waals surface area contributed by atoms with Crippen LogP contribution in [0.3, 0.4) is 0 Å². The van der Waals surface area contributed by atoms with Crippen molar-refractivity contribution in [2.75, 3.05) is 36.6 Å². The van der Waals surface area contributed by atoms with Crippen molar-refractivity contribution in [2.24, 2.45) is 0 Å². The molecule has 0 saturated carbocycles. The number of ether oxygens (including phenoxy) is 2. The molecule has 0 spiro atoms. The van der Waals surface area contributed by atoms with Crippen LogP contribution in [-0.4, -0.2) is 51.1 Å². The van der Waals surface area contributed by atoms with Crippen molar-refractivity contribution in [3.05, 3.63) is 18.2 Å². The van der Waals surface area contributed by atoms with Gasteiger partial charge in [0.25, 0.3) is 0 Å². The first-order valence-electron chi connectivity index (χ1n) is 7.50. The molecule has 0 radical (unpaired) electrons. The van der Waals surface area contributed by atoms with Crippen LogP contribution in [0.1, 0.15) is 13.3 Å². The molecule has 7 nitrogen and oxygen atoms in total. The van der Waals surface area contributed by atoms with Crippen molar-refractivity contribution in [1.82, 2.24) is 5.32 Å². The van der Waals surface area contributed by atoms with Gasteiger partial charge in [0.1, 0.15) is 13.2 Å². The van der Waals surface area contributed by atoms with Gasteiger partial charge in [-0.25, -0.2) is 8.42 Å². The van der Waals surface area contributed by atoms with Gasteiger partial charge < -0.3 is 20.1 Å². The lowest BCUT2D eigenvalue weighted by Crippen LogP contribution is -2.46. The van der Waals surface area contributed by atoms with Crippen LogP contribution in [0.15, 0.2) is 18.2 Å². The Kier molecular flexibility index (Phi) is 4.20. The fourth-order valence-electron chi connectivity index (χ4n) is 2.77. The minimum Gasteiger partial charge on any atom is -0.486 e. The maximum Gasteiger partial charge on any atom is 0.238 e. The van der Waals surface area contributed by atoms with Gasteiger partial charge in [-0.1, -0.05) is 0 Å². The number of nitrogens with one attached hydrogen (secondary N) is 2. The van der Waals surface area contributed by atoms with Crippen LogP contribution in [0.2, 0.25) is 0 Å². The van der Waals surface area contributed by atoms with Crippen LogP contribution in [0.4, 0.5) is 5.69 Å². The summed E-state index contributed by atoms with van der Waals surface area (Å²) in [5, 5.41) is 5.82. The van der Waals surface area contributed by atoms with Gasteiger partial charge in [0.05, 0.1) is 18.1 Å². The van der Waals surface area contributed by atoms with E-state index in [1.54, 1.807) is 18.2 Å². The maximum atomic E-state index is 12.0. The summed E-state index contributed by atoms with van der Waals surface area (Å²) in [5.41, 5.74) is 0.0773. The highest BCUT2D eigenvalue weighted by Crippen LogP contribution is 2.32. The first kappa shape index (κ1) is 16.1. The van der Waals surface area contributed by atoms with Crippen molar-refractivity contribution in [3.8, 4) is 11.5 Å². The zero-order valence-corrected chi connectivity index (χ0v) is 13.7. The van der Waals surface area contributed by atoms with Gasteiger partial charge in [0, 0.05) is 17.3 Å². The summed E-state index contributed by atoms with van der Waals surface area (Å²) in [6.07, 6.45) is 0.520. The highest BCUT2D eigenvalue weighted by molar-refractivity contribution is 7.91. The fraction of sp³-hybridized carbons (Fsp3) is 0.533. The van der Waals surface area contributed by atoms with E-state index in [9.17, 15) is 13.2 Å². The molecule has 0 bridgehead atoms. The summed E-state index contributed by atoms with van der Waals surface area (Å²) in [5.74, 6) is 1.27. The third kappa shape index (κ3) is 3.94. The SMILES string of the molecule is CC1(NCC(=O)Nc2ccc3c(c2)OCCO3)CCS(=O)(=O)C1. The Hall–Kier alpha value is -1.80. The number of sulfone groups is 1. The molecule has 2 aliphatic rings. The summed E-state index contributed by atoms with van der Waals surface area (Å²) < 4.78 is 34.0. The van der Waals surface area contributed by atoms with E-state index in [-0.39, 0.29) is 24.0 Å². The number of hydrogen-bond acceptors (Lipinski definition) is 6. The monoisotopic (exact) mass is 340 g/mol. The molecule has 1 aromatic rings. The molecule has 2 aliphatic heterocycles. The normalized spacial score (nSPS) is 25.1. The summed E-state index contributed by atoms with van der Waals surface area (Å²) in [6.45, 7) is 2.89. The molecule has 1 unspecified atom stereocenters. The van der Waals surface area contributed by atoms with E-state index < -0.39 is 15.4 Å². The lowest BCUT2D eigenvalue weighted by Gasteiger charge is -2.23. The van der Waals surface area contributed by atoms with Crippen molar-refractivity contribution in [3.63, 3.8) is 0 Å². The van der Waals surface area contributed by atoms with Crippen molar-refractivity contribution >= 4 is 21.4 Å². The van der Waals surface area contributed by atoms with E-state index in [2.05, 4.69) is 10.6 Å². The molecule has 1 amide bonds. The number of amides is 1. The number of hydrogen-bond donors (Lipinski definition) is 2. The van der Waals surface area contributed by atoms with Crippen LogP contribution in [0, 0.1) is 0 Å². The van der Waals surface area contributed by atoms with Crippen molar-refractivity contribution < 1.29 is 22.7 Å². The van der Waals surface area contributed by atoms with E-state index in [0.29, 0.717) is 36.8 Å². The second-order valence-corrected chi connectivity index (χ2v) is 8.35. The topological polar surface area (TPSA) is 93.7 Å². The average Bonchev–Trinajstić information content (AvgIpc) is 2.79. The molecule has 0 aromatic heterocycles. The predicted octanol–water partition coefficient (Wildman–Crippen LogP) is 0.563. The van der Waals surface area contributed by atoms with Gasteiger partial charge in [-0.05, 0) is 25.5 Å². The molecule has 1 fully saturated rings. The molecule has 126 valence electrons. The first-order valence-corrected chi connectivity index (χ1v) is 9.32. The first-order chi connectivity index (χ1) is 10.9. The minimum absolute atomic E-state index is 0.0560. The van der Waals surface area contributed by atoms with Gasteiger partial charge in [0.2, 0.25) is 5.91 Å². The maximum absolute atomic E-state index is 12.0. The number of fused-ring (bicyclic) bond motifs is 1. The Morgan fingerprint density at radius 1 is 1.26 bits per heavy atom. The van der Waals surface area contributed by atoms with E-state index in [4.69, 9.17) is 9.47 Å². The Morgan fingerprint density at radius 2 is 2.00 bits per heavy atom. The van der Waals surface area contributed by atoms with Crippen LogP contribution in [0.5, 0.6) is 11.5 Å². The summed E-state index contributed by atoms with van der Waals surface area (Å²) in [4.78, 5) is 12.0. The molecule has 0 aliphatic carbocycles. The fourth-order valence-corrected chi connectivity index (χ4v) is 4.89. The molecule has 1 saturated heterocycles. The molecule has 8 heteroatoms. The molecule has 23 heavy (non-hydrogen) atoms. The van der Waals surface area contributed by atoms with Crippen LogP contribution >= 0.6 is 0 Å². The molecular weight excluding hydrogens is 320 g/mol. The summed E-state index contributed by atoms with van der Waals surface area (Å²) in [7, 11) is -3.00. The second kappa shape index (κ2) is 6.01.